The fourth-order valence-corrected chi connectivity index (χ4v) is 2.88. The summed E-state index contributed by atoms with van der Waals surface area (Å²) in [6.07, 6.45) is 0. The molecule has 0 atom stereocenters. The zero-order valence-corrected chi connectivity index (χ0v) is 13.2. The summed E-state index contributed by atoms with van der Waals surface area (Å²) in [6, 6.07) is 10.1. The van der Waals surface area contributed by atoms with E-state index in [1.807, 2.05) is 30.5 Å². The number of hydrogen-bond donors (Lipinski definition) is 0. The Hall–Kier alpha value is -2.07. The van der Waals surface area contributed by atoms with Crippen molar-refractivity contribution in [3.8, 4) is 16.5 Å². The number of hydrogen-bond acceptors (Lipinski definition) is 4. The summed E-state index contributed by atoms with van der Waals surface area (Å²) < 4.78 is 11.7. The summed E-state index contributed by atoms with van der Waals surface area (Å²) >= 11 is 1.62. The van der Waals surface area contributed by atoms with Crippen LogP contribution in [0.5, 0.6) is 5.75 Å². The molecule has 0 radical (unpaired) electrons. The van der Waals surface area contributed by atoms with Gasteiger partial charge in [-0.25, -0.2) is 4.98 Å². The molecular weight excluding hydrogens is 282 g/mol. The number of oxazole rings is 1. The minimum absolute atomic E-state index is 0.423. The smallest absolute Gasteiger partial charge is 0.236 e. The van der Waals surface area contributed by atoms with Crippen LogP contribution in [0.25, 0.3) is 10.8 Å². The van der Waals surface area contributed by atoms with Crippen LogP contribution in [0.3, 0.4) is 0 Å². The Bertz CT molecular complexity index is 724. The SMILES string of the molecule is Cc1cccc(C)c1OCc1nc(-c2cccs2)oc1C. The number of para-hydroxylation sites is 1. The lowest BCUT2D eigenvalue weighted by molar-refractivity contribution is 0.295. The highest BCUT2D eigenvalue weighted by atomic mass is 32.1. The van der Waals surface area contributed by atoms with Crippen molar-refractivity contribution in [3.63, 3.8) is 0 Å². The molecule has 0 saturated carbocycles. The van der Waals surface area contributed by atoms with Gasteiger partial charge in [0.15, 0.2) is 0 Å². The Morgan fingerprint density at radius 3 is 2.52 bits per heavy atom. The van der Waals surface area contributed by atoms with Crippen molar-refractivity contribution in [2.24, 2.45) is 0 Å². The molecule has 3 aromatic rings. The van der Waals surface area contributed by atoms with E-state index in [0.29, 0.717) is 12.5 Å². The van der Waals surface area contributed by atoms with Gasteiger partial charge in [-0.3, -0.25) is 0 Å². The lowest BCUT2D eigenvalue weighted by Gasteiger charge is -2.10. The molecule has 4 heteroatoms. The van der Waals surface area contributed by atoms with Crippen molar-refractivity contribution in [3.05, 3.63) is 58.3 Å². The number of aromatic nitrogens is 1. The molecule has 0 unspecified atom stereocenters. The highest BCUT2D eigenvalue weighted by molar-refractivity contribution is 7.13. The van der Waals surface area contributed by atoms with E-state index in [0.717, 1.165) is 33.2 Å². The topological polar surface area (TPSA) is 35.3 Å². The molecular formula is C17H17NO2S. The van der Waals surface area contributed by atoms with Gasteiger partial charge < -0.3 is 9.15 Å². The molecule has 0 fully saturated rings. The molecule has 108 valence electrons. The molecule has 1 aromatic carbocycles. The Balaban J connectivity index is 1.80. The number of thiophene rings is 1. The largest absolute Gasteiger partial charge is 0.487 e. The van der Waals surface area contributed by atoms with Crippen molar-refractivity contribution < 1.29 is 9.15 Å². The third kappa shape index (κ3) is 2.85. The number of aryl methyl sites for hydroxylation is 3. The molecule has 0 aliphatic heterocycles. The van der Waals surface area contributed by atoms with Crippen molar-refractivity contribution in [2.75, 3.05) is 0 Å². The molecule has 3 rings (SSSR count). The second-order valence-corrected chi connectivity index (χ2v) is 5.96. The predicted octanol–water partition coefficient (Wildman–Crippen LogP) is 4.91. The van der Waals surface area contributed by atoms with Gasteiger partial charge in [-0.05, 0) is 43.3 Å². The van der Waals surface area contributed by atoms with Gasteiger partial charge in [-0.2, -0.15) is 0 Å². The normalized spacial score (nSPS) is 10.8. The van der Waals surface area contributed by atoms with E-state index in [4.69, 9.17) is 9.15 Å². The van der Waals surface area contributed by atoms with Crippen molar-refractivity contribution in [1.82, 2.24) is 4.98 Å². The predicted molar refractivity (Wildman–Crippen MR) is 84.8 cm³/mol. The van der Waals surface area contributed by atoms with E-state index < -0.39 is 0 Å². The summed E-state index contributed by atoms with van der Waals surface area (Å²) in [4.78, 5) is 5.58. The first kappa shape index (κ1) is 13.9. The highest BCUT2D eigenvalue weighted by Crippen LogP contribution is 2.27. The second kappa shape index (κ2) is 5.74. The van der Waals surface area contributed by atoms with Crippen LogP contribution in [-0.4, -0.2) is 4.98 Å². The second-order valence-electron chi connectivity index (χ2n) is 5.01. The van der Waals surface area contributed by atoms with Gasteiger partial charge in [0.05, 0.1) is 4.88 Å². The summed E-state index contributed by atoms with van der Waals surface area (Å²) in [6.45, 7) is 6.45. The van der Waals surface area contributed by atoms with Gasteiger partial charge in [-0.1, -0.05) is 24.3 Å². The third-order valence-corrected chi connectivity index (χ3v) is 4.24. The molecule has 0 saturated heterocycles. The maximum atomic E-state index is 5.95. The average Bonchev–Trinajstić information content (AvgIpc) is 3.08. The van der Waals surface area contributed by atoms with E-state index in [2.05, 4.69) is 31.0 Å². The van der Waals surface area contributed by atoms with Crippen LogP contribution in [-0.2, 0) is 6.61 Å². The molecule has 2 heterocycles. The van der Waals surface area contributed by atoms with E-state index in [1.54, 1.807) is 11.3 Å². The van der Waals surface area contributed by atoms with Crippen LogP contribution < -0.4 is 4.74 Å². The Kier molecular flexibility index (Phi) is 3.80. The number of benzene rings is 1. The number of rotatable bonds is 4. The lowest BCUT2D eigenvalue weighted by Crippen LogP contribution is -2.00. The van der Waals surface area contributed by atoms with Crippen LogP contribution in [0.2, 0.25) is 0 Å². The van der Waals surface area contributed by atoms with Crippen molar-refractivity contribution in [2.45, 2.75) is 27.4 Å². The van der Waals surface area contributed by atoms with Crippen LogP contribution in [0.4, 0.5) is 0 Å². The Morgan fingerprint density at radius 1 is 1.10 bits per heavy atom. The summed E-state index contributed by atoms with van der Waals surface area (Å²) in [5.74, 6) is 2.41. The standard InChI is InChI=1S/C17H17NO2S/c1-11-6-4-7-12(2)16(11)19-10-14-13(3)20-17(18-14)15-8-5-9-21-15/h4-9H,10H2,1-3H3. The minimum atomic E-state index is 0.423. The fourth-order valence-electron chi connectivity index (χ4n) is 2.23. The number of nitrogens with zero attached hydrogens (tertiary/aromatic N) is 1. The van der Waals surface area contributed by atoms with Crippen LogP contribution in [0, 0.1) is 20.8 Å². The summed E-state index contributed by atoms with van der Waals surface area (Å²) in [5, 5.41) is 2.02. The molecule has 0 N–H and O–H groups in total. The maximum absolute atomic E-state index is 5.95. The Labute approximate surface area is 128 Å². The quantitative estimate of drug-likeness (QED) is 0.686. The fraction of sp³-hybridized carbons (Fsp3) is 0.235. The molecule has 0 amide bonds. The van der Waals surface area contributed by atoms with Crippen LogP contribution >= 0.6 is 11.3 Å². The maximum Gasteiger partial charge on any atom is 0.236 e. The van der Waals surface area contributed by atoms with E-state index in [9.17, 15) is 0 Å². The van der Waals surface area contributed by atoms with Crippen molar-refractivity contribution in [1.29, 1.82) is 0 Å². The summed E-state index contributed by atoms with van der Waals surface area (Å²) in [5.41, 5.74) is 3.12. The average molecular weight is 299 g/mol. The van der Waals surface area contributed by atoms with Crippen molar-refractivity contribution >= 4 is 11.3 Å². The molecule has 21 heavy (non-hydrogen) atoms. The Morgan fingerprint density at radius 2 is 1.86 bits per heavy atom. The third-order valence-electron chi connectivity index (χ3n) is 3.39. The number of ether oxygens (including phenoxy) is 1. The van der Waals surface area contributed by atoms with Crippen LogP contribution in [0.1, 0.15) is 22.6 Å². The molecule has 0 spiro atoms. The van der Waals surface area contributed by atoms with Gasteiger partial charge in [0.25, 0.3) is 0 Å². The summed E-state index contributed by atoms with van der Waals surface area (Å²) in [7, 11) is 0. The van der Waals surface area contributed by atoms with Crippen LogP contribution in [0.15, 0.2) is 40.1 Å². The molecule has 3 nitrogen and oxygen atoms in total. The first-order valence-corrected chi connectivity index (χ1v) is 7.72. The molecule has 0 aliphatic rings. The first-order chi connectivity index (χ1) is 10.1. The van der Waals surface area contributed by atoms with E-state index in [1.165, 1.54) is 0 Å². The molecule has 0 aliphatic carbocycles. The van der Waals surface area contributed by atoms with Gasteiger partial charge in [0, 0.05) is 0 Å². The van der Waals surface area contributed by atoms with Gasteiger partial charge in [-0.15, -0.1) is 11.3 Å². The zero-order valence-electron chi connectivity index (χ0n) is 12.3. The van der Waals surface area contributed by atoms with E-state index >= 15 is 0 Å². The van der Waals surface area contributed by atoms with E-state index in [-0.39, 0.29) is 0 Å². The highest BCUT2D eigenvalue weighted by Gasteiger charge is 2.13. The first-order valence-electron chi connectivity index (χ1n) is 6.84. The van der Waals surface area contributed by atoms with Gasteiger partial charge in [0.1, 0.15) is 23.8 Å². The molecule has 0 bridgehead atoms. The molecule has 2 aromatic heterocycles. The zero-order chi connectivity index (χ0) is 14.8. The monoisotopic (exact) mass is 299 g/mol. The lowest BCUT2D eigenvalue weighted by atomic mass is 10.1. The van der Waals surface area contributed by atoms with Gasteiger partial charge >= 0.3 is 0 Å². The minimum Gasteiger partial charge on any atom is -0.487 e. The van der Waals surface area contributed by atoms with Gasteiger partial charge in [0.2, 0.25) is 5.89 Å².